The molecule has 28 heavy (non-hydrogen) atoms. The third-order valence-corrected chi connectivity index (χ3v) is 6.74. The Bertz CT molecular complexity index is 809. The van der Waals surface area contributed by atoms with E-state index in [-0.39, 0.29) is 0 Å². The van der Waals surface area contributed by atoms with Crippen LogP contribution < -0.4 is 4.74 Å². The number of hydrogen-bond acceptors (Lipinski definition) is 2. The molecule has 1 aliphatic heterocycles. The van der Waals surface area contributed by atoms with Gasteiger partial charge in [-0.1, -0.05) is 56.4 Å². The van der Waals surface area contributed by atoms with Crippen molar-refractivity contribution in [3.63, 3.8) is 0 Å². The molecule has 1 heterocycles. The van der Waals surface area contributed by atoms with E-state index in [2.05, 4.69) is 29.2 Å². The second-order valence-corrected chi connectivity index (χ2v) is 8.70. The van der Waals surface area contributed by atoms with Crippen LogP contribution in [0.5, 0.6) is 5.75 Å². The molecular weight excluding hydrogens is 346 g/mol. The van der Waals surface area contributed by atoms with E-state index in [9.17, 15) is 4.79 Å². The number of piperidine rings is 1. The number of carbonyl (C=O) groups is 1. The maximum atomic E-state index is 13.2. The molecular formula is C25H33NO2. The van der Waals surface area contributed by atoms with Crippen LogP contribution in [0, 0.1) is 5.92 Å². The van der Waals surface area contributed by atoms with E-state index in [1.54, 1.807) is 7.11 Å². The van der Waals surface area contributed by atoms with Crippen molar-refractivity contribution in [2.24, 2.45) is 5.92 Å². The number of nitrogens with zero attached hydrogens (tertiary/aromatic N) is 1. The summed E-state index contributed by atoms with van der Waals surface area (Å²) in [6, 6.07) is 12.9. The Morgan fingerprint density at radius 1 is 0.964 bits per heavy atom. The Morgan fingerprint density at radius 3 is 2.54 bits per heavy atom. The first-order valence-corrected chi connectivity index (χ1v) is 11.1. The molecule has 1 saturated carbocycles. The van der Waals surface area contributed by atoms with Crippen LogP contribution in [0.3, 0.4) is 0 Å². The molecule has 1 amide bonds. The zero-order chi connectivity index (χ0) is 19.3. The van der Waals surface area contributed by atoms with Crippen LogP contribution >= 0.6 is 0 Å². The van der Waals surface area contributed by atoms with Crippen LogP contribution in [0.25, 0.3) is 10.8 Å². The summed E-state index contributed by atoms with van der Waals surface area (Å²) in [7, 11) is 1.69. The van der Waals surface area contributed by atoms with Gasteiger partial charge in [0.1, 0.15) is 5.75 Å². The Kier molecular flexibility index (Phi) is 6.19. The summed E-state index contributed by atoms with van der Waals surface area (Å²) >= 11 is 0. The lowest BCUT2D eigenvalue weighted by Crippen LogP contribution is -2.45. The van der Waals surface area contributed by atoms with Crippen LogP contribution in [0.15, 0.2) is 36.4 Å². The summed E-state index contributed by atoms with van der Waals surface area (Å²) in [6.07, 6.45) is 12.3. The van der Waals surface area contributed by atoms with Crippen molar-refractivity contribution < 1.29 is 9.53 Å². The fourth-order valence-corrected chi connectivity index (χ4v) is 5.17. The summed E-state index contributed by atoms with van der Waals surface area (Å²) < 4.78 is 5.31. The van der Waals surface area contributed by atoms with Crippen molar-refractivity contribution in [3.05, 3.63) is 42.0 Å². The zero-order valence-corrected chi connectivity index (χ0v) is 17.2. The Balaban J connectivity index is 1.44. The second kappa shape index (κ2) is 8.98. The van der Waals surface area contributed by atoms with Gasteiger partial charge in [-0.25, -0.2) is 0 Å². The van der Waals surface area contributed by atoms with Gasteiger partial charge in [-0.3, -0.25) is 4.79 Å². The number of benzene rings is 2. The Hall–Kier alpha value is -2.03. The number of hydrogen-bond donors (Lipinski definition) is 0. The first-order valence-electron chi connectivity index (χ1n) is 11.1. The highest BCUT2D eigenvalue weighted by atomic mass is 16.5. The molecule has 3 nitrogen and oxygen atoms in total. The Labute approximate surface area is 169 Å². The highest BCUT2D eigenvalue weighted by Gasteiger charge is 2.29. The summed E-state index contributed by atoms with van der Waals surface area (Å²) in [6.45, 7) is 0.945. The average molecular weight is 380 g/mol. The number of ether oxygens (including phenoxy) is 1. The van der Waals surface area contributed by atoms with Crippen molar-refractivity contribution in [1.29, 1.82) is 0 Å². The number of carbonyl (C=O) groups excluding carboxylic acids is 1. The molecule has 0 spiro atoms. The molecule has 0 aromatic heterocycles. The third kappa shape index (κ3) is 4.51. The topological polar surface area (TPSA) is 29.5 Å². The van der Waals surface area contributed by atoms with Crippen molar-refractivity contribution in [1.82, 2.24) is 4.90 Å². The number of amides is 1. The average Bonchev–Trinajstić information content (AvgIpc) is 2.74. The molecule has 1 aliphatic carbocycles. The van der Waals surface area contributed by atoms with Crippen LogP contribution in [0.2, 0.25) is 0 Å². The molecule has 4 rings (SSSR count). The normalized spacial score (nSPS) is 21.0. The van der Waals surface area contributed by atoms with Crippen molar-refractivity contribution in [3.8, 4) is 5.75 Å². The molecule has 0 N–H and O–H groups in total. The standard InChI is InChI=1S/C25H33NO2/c1-28-24-13-12-21-15-20(10-11-22(21)18-24)17-25(27)26-14-6-5-9-23(26)16-19-7-3-2-4-8-19/h10-13,15,18-19,23H,2-9,14,16-17H2,1H3. The molecule has 1 unspecified atom stereocenters. The molecule has 2 aromatic rings. The molecule has 2 aliphatic rings. The van der Waals surface area contributed by atoms with Gasteiger partial charge < -0.3 is 9.64 Å². The summed E-state index contributed by atoms with van der Waals surface area (Å²) in [5.74, 6) is 2.02. The van der Waals surface area contributed by atoms with Crippen molar-refractivity contribution in [2.75, 3.05) is 13.7 Å². The van der Waals surface area contributed by atoms with Crippen LogP contribution in [-0.4, -0.2) is 30.5 Å². The van der Waals surface area contributed by atoms with Gasteiger partial charge in [0, 0.05) is 12.6 Å². The highest BCUT2D eigenvalue weighted by molar-refractivity contribution is 5.86. The highest BCUT2D eigenvalue weighted by Crippen LogP contribution is 2.32. The quantitative estimate of drug-likeness (QED) is 0.663. The van der Waals surface area contributed by atoms with E-state index in [4.69, 9.17) is 4.74 Å². The van der Waals surface area contributed by atoms with E-state index >= 15 is 0 Å². The predicted molar refractivity (Wildman–Crippen MR) is 115 cm³/mol. The first-order chi connectivity index (χ1) is 13.7. The second-order valence-electron chi connectivity index (χ2n) is 8.70. The minimum absolute atomic E-state index is 0.313. The first kappa shape index (κ1) is 19.3. The van der Waals surface area contributed by atoms with Gasteiger partial charge in [-0.15, -0.1) is 0 Å². The van der Waals surface area contributed by atoms with Crippen LogP contribution in [0.1, 0.15) is 63.4 Å². The van der Waals surface area contributed by atoms with E-state index in [1.807, 2.05) is 12.1 Å². The van der Waals surface area contributed by atoms with Gasteiger partial charge in [0.2, 0.25) is 5.91 Å². The van der Waals surface area contributed by atoms with Crippen molar-refractivity contribution in [2.45, 2.75) is 70.3 Å². The number of fused-ring (bicyclic) bond motifs is 1. The molecule has 0 radical (unpaired) electrons. The molecule has 2 fully saturated rings. The molecule has 2 aromatic carbocycles. The predicted octanol–water partition coefficient (Wildman–Crippen LogP) is 5.74. The maximum Gasteiger partial charge on any atom is 0.227 e. The largest absolute Gasteiger partial charge is 0.497 e. The Morgan fingerprint density at radius 2 is 1.71 bits per heavy atom. The van der Waals surface area contributed by atoms with Gasteiger partial charge in [0.05, 0.1) is 13.5 Å². The third-order valence-electron chi connectivity index (χ3n) is 6.74. The van der Waals surface area contributed by atoms with Gasteiger partial charge in [0.25, 0.3) is 0 Å². The fourth-order valence-electron chi connectivity index (χ4n) is 5.17. The lowest BCUT2D eigenvalue weighted by atomic mass is 9.82. The zero-order valence-electron chi connectivity index (χ0n) is 17.2. The lowest BCUT2D eigenvalue weighted by molar-refractivity contribution is -0.134. The smallest absolute Gasteiger partial charge is 0.227 e. The number of likely N-dealkylation sites (tertiary alicyclic amines) is 1. The van der Waals surface area contributed by atoms with E-state index < -0.39 is 0 Å². The van der Waals surface area contributed by atoms with E-state index in [0.717, 1.165) is 35.6 Å². The van der Waals surface area contributed by atoms with Gasteiger partial charge >= 0.3 is 0 Å². The van der Waals surface area contributed by atoms with Crippen molar-refractivity contribution >= 4 is 16.7 Å². The molecule has 3 heteroatoms. The molecule has 1 saturated heterocycles. The monoisotopic (exact) mass is 379 g/mol. The maximum absolute atomic E-state index is 13.2. The van der Waals surface area contributed by atoms with E-state index in [0.29, 0.717) is 18.4 Å². The van der Waals surface area contributed by atoms with Gasteiger partial charge in [-0.2, -0.15) is 0 Å². The van der Waals surface area contributed by atoms with Gasteiger partial charge in [0.15, 0.2) is 0 Å². The van der Waals surface area contributed by atoms with Crippen LogP contribution in [-0.2, 0) is 11.2 Å². The summed E-state index contributed by atoms with van der Waals surface area (Å²) in [5.41, 5.74) is 1.12. The molecule has 0 bridgehead atoms. The number of rotatable bonds is 5. The number of methoxy groups -OCH3 is 1. The molecule has 1 atom stereocenters. The SMILES string of the molecule is COc1ccc2cc(CC(=O)N3CCCCC3CC3CCCCC3)ccc2c1. The van der Waals surface area contributed by atoms with E-state index in [1.165, 1.54) is 56.8 Å². The summed E-state index contributed by atoms with van der Waals surface area (Å²) in [4.78, 5) is 15.4. The molecule has 150 valence electrons. The van der Waals surface area contributed by atoms with Gasteiger partial charge in [-0.05, 0) is 60.1 Å². The minimum Gasteiger partial charge on any atom is -0.497 e. The fraction of sp³-hybridized carbons (Fsp3) is 0.560. The minimum atomic E-state index is 0.313. The van der Waals surface area contributed by atoms with Crippen LogP contribution in [0.4, 0.5) is 0 Å². The summed E-state index contributed by atoms with van der Waals surface area (Å²) in [5, 5.41) is 2.33. The lowest BCUT2D eigenvalue weighted by Gasteiger charge is -2.38.